The number of hydrogen-bond acceptors (Lipinski definition) is 2. The van der Waals surface area contributed by atoms with E-state index in [1.807, 2.05) is 36.5 Å². The van der Waals surface area contributed by atoms with Crippen molar-refractivity contribution < 1.29 is 0 Å². The van der Waals surface area contributed by atoms with E-state index in [1.54, 1.807) is 0 Å². The van der Waals surface area contributed by atoms with Crippen molar-refractivity contribution in [3.05, 3.63) is 78.0 Å². The molecule has 0 saturated heterocycles. The topological polar surface area (TPSA) is 38.9 Å². The summed E-state index contributed by atoms with van der Waals surface area (Å²) in [6.07, 6.45) is 2.67. The highest BCUT2D eigenvalue weighted by atomic mass is 14.7. The Kier molecular flexibility index (Phi) is 3.25. The Hall–Kier alpha value is -2.19. The van der Waals surface area contributed by atoms with Crippen LogP contribution in [0, 0.1) is 0 Å². The monoisotopic (exact) mass is 248 g/mol. The van der Waals surface area contributed by atoms with Crippen molar-refractivity contribution >= 4 is 10.9 Å². The molecule has 0 spiro atoms. The fraction of sp³-hybridized carbons (Fsp3) is 0.118. The molecule has 0 saturated carbocycles. The Labute approximate surface area is 112 Å². The van der Waals surface area contributed by atoms with E-state index in [4.69, 9.17) is 5.73 Å². The zero-order chi connectivity index (χ0) is 13.1. The van der Waals surface area contributed by atoms with Crippen LogP contribution in [0.1, 0.15) is 17.2 Å². The van der Waals surface area contributed by atoms with E-state index in [1.165, 1.54) is 5.56 Å². The van der Waals surface area contributed by atoms with Gasteiger partial charge in [0.15, 0.2) is 0 Å². The van der Waals surface area contributed by atoms with Crippen LogP contribution in [0.15, 0.2) is 66.9 Å². The Bertz CT molecular complexity index is 677. The van der Waals surface area contributed by atoms with Crippen LogP contribution in [-0.4, -0.2) is 4.98 Å². The molecule has 3 rings (SSSR count). The van der Waals surface area contributed by atoms with Gasteiger partial charge in [0.1, 0.15) is 0 Å². The first-order valence-electron chi connectivity index (χ1n) is 6.47. The van der Waals surface area contributed by atoms with E-state index in [0.29, 0.717) is 0 Å². The summed E-state index contributed by atoms with van der Waals surface area (Å²) in [5.74, 6) is 0. The van der Waals surface area contributed by atoms with Crippen LogP contribution in [0.4, 0.5) is 0 Å². The van der Waals surface area contributed by atoms with Gasteiger partial charge in [-0.05, 0) is 35.7 Å². The summed E-state index contributed by atoms with van der Waals surface area (Å²) >= 11 is 0. The second kappa shape index (κ2) is 5.21. The zero-order valence-electron chi connectivity index (χ0n) is 10.7. The minimum Gasteiger partial charge on any atom is -0.324 e. The van der Waals surface area contributed by atoms with Crippen LogP contribution in [0.5, 0.6) is 0 Å². The van der Waals surface area contributed by atoms with E-state index in [-0.39, 0.29) is 6.04 Å². The Morgan fingerprint density at radius 2 is 1.79 bits per heavy atom. The fourth-order valence-electron chi connectivity index (χ4n) is 2.31. The third kappa shape index (κ3) is 2.64. The van der Waals surface area contributed by atoms with Gasteiger partial charge in [0.25, 0.3) is 0 Å². The largest absolute Gasteiger partial charge is 0.324 e. The van der Waals surface area contributed by atoms with Gasteiger partial charge in [0, 0.05) is 17.6 Å². The van der Waals surface area contributed by atoms with Gasteiger partial charge in [-0.2, -0.15) is 0 Å². The molecule has 94 valence electrons. The molecule has 0 aliphatic heterocycles. The summed E-state index contributed by atoms with van der Waals surface area (Å²) in [4.78, 5) is 4.32. The number of nitrogens with zero attached hydrogens (tertiary/aromatic N) is 1. The van der Waals surface area contributed by atoms with E-state index in [2.05, 4.69) is 35.3 Å². The van der Waals surface area contributed by atoms with Gasteiger partial charge in [-0.3, -0.25) is 4.98 Å². The second-order valence-electron chi connectivity index (χ2n) is 4.75. The van der Waals surface area contributed by atoms with Crippen molar-refractivity contribution in [1.29, 1.82) is 0 Å². The van der Waals surface area contributed by atoms with Gasteiger partial charge in [0.05, 0.1) is 5.52 Å². The Morgan fingerprint density at radius 1 is 0.947 bits per heavy atom. The number of pyridine rings is 1. The molecule has 19 heavy (non-hydrogen) atoms. The lowest BCUT2D eigenvalue weighted by Gasteiger charge is -2.12. The molecule has 2 heteroatoms. The lowest BCUT2D eigenvalue weighted by Crippen LogP contribution is -2.13. The lowest BCUT2D eigenvalue weighted by molar-refractivity contribution is 0.723. The fourth-order valence-corrected chi connectivity index (χ4v) is 2.31. The van der Waals surface area contributed by atoms with Crippen LogP contribution in [0.2, 0.25) is 0 Å². The van der Waals surface area contributed by atoms with E-state index in [0.717, 1.165) is 22.9 Å². The molecule has 3 aromatic rings. The molecule has 1 atom stereocenters. The molecule has 0 aliphatic carbocycles. The van der Waals surface area contributed by atoms with Gasteiger partial charge in [-0.15, -0.1) is 0 Å². The smallest absolute Gasteiger partial charge is 0.0702 e. The first-order chi connectivity index (χ1) is 9.33. The summed E-state index contributed by atoms with van der Waals surface area (Å²) in [7, 11) is 0. The van der Waals surface area contributed by atoms with Crippen molar-refractivity contribution in [2.45, 2.75) is 12.5 Å². The van der Waals surface area contributed by atoms with Crippen LogP contribution in [-0.2, 0) is 6.42 Å². The van der Waals surface area contributed by atoms with E-state index < -0.39 is 0 Å². The van der Waals surface area contributed by atoms with Crippen molar-refractivity contribution in [3.63, 3.8) is 0 Å². The van der Waals surface area contributed by atoms with Crippen molar-refractivity contribution in [2.24, 2.45) is 5.73 Å². The highest BCUT2D eigenvalue weighted by Gasteiger charge is 2.07. The highest BCUT2D eigenvalue weighted by Crippen LogP contribution is 2.20. The van der Waals surface area contributed by atoms with Gasteiger partial charge in [0.2, 0.25) is 0 Å². The number of fused-ring (bicyclic) bond motifs is 1. The standard InChI is InChI=1S/C17H16N2/c18-16(11-13-5-2-1-3-6-13)14-8-9-17-15(12-14)7-4-10-19-17/h1-10,12,16H,11,18H2. The molecule has 2 aromatic carbocycles. The Morgan fingerprint density at radius 3 is 2.63 bits per heavy atom. The van der Waals surface area contributed by atoms with Crippen molar-refractivity contribution in [3.8, 4) is 0 Å². The molecule has 0 fully saturated rings. The predicted octanol–water partition coefficient (Wildman–Crippen LogP) is 3.48. The van der Waals surface area contributed by atoms with E-state index >= 15 is 0 Å². The maximum absolute atomic E-state index is 6.30. The Balaban J connectivity index is 1.87. The third-order valence-corrected chi connectivity index (χ3v) is 3.35. The van der Waals surface area contributed by atoms with E-state index in [9.17, 15) is 0 Å². The average Bonchev–Trinajstić information content (AvgIpc) is 2.48. The summed E-state index contributed by atoms with van der Waals surface area (Å²) in [6, 6.07) is 20.6. The molecule has 0 bridgehead atoms. The van der Waals surface area contributed by atoms with Crippen molar-refractivity contribution in [2.75, 3.05) is 0 Å². The first kappa shape index (κ1) is 11.9. The van der Waals surface area contributed by atoms with Crippen LogP contribution >= 0.6 is 0 Å². The van der Waals surface area contributed by atoms with Gasteiger partial charge in [-0.1, -0.05) is 42.5 Å². The molecule has 0 amide bonds. The molecule has 2 nitrogen and oxygen atoms in total. The zero-order valence-corrected chi connectivity index (χ0v) is 10.7. The van der Waals surface area contributed by atoms with Gasteiger partial charge < -0.3 is 5.73 Å². The third-order valence-electron chi connectivity index (χ3n) is 3.35. The summed E-state index contributed by atoms with van der Waals surface area (Å²) in [6.45, 7) is 0. The predicted molar refractivity (Wildman–Crippen MR) is 78.8 cm³/mol. The normalized spacial score (nSPS) is 12.5. The van der Waals surface area contributed by atoms with Crippen LogP contribution in [0.3, 0.4) is 0 Å². The maximum atomic E-state index is 6.30. The molecule has 1 aromatic heterocycles. The maximum Gasteiger partial charge on any atom is 0.0702 e. The van der Waals surface area contributed by atoms with Gasteiger partial charge >= 0.3 is 0 Å². The minimum absolute atomic E-state index is 0.0204. The molecule has 0 radical (unpaired) electrons. The summed E-state index contributed by atoms with van der Waals surface area (Å²) < 4.78 is 0. The molecule has 1 heterocycles. The number of aromatic nitrogens is 1. The number of rotatable bonds is 3. The van der Waals surface area contributed by atoms with Crippen LogP contribution < -0.4 is 5.73 Å². The van der Waals surface area contributed by atoms with Crippen LogP contribution in [0.25, 0.3) is 10.9 Å². The number of hydrogen-bond donors (Lipinski definition) is 1. The summed E-state index contributed by atoms with van der Waals surface area (Å²) in [5, 5.41) is 1.14. The average molecular weight is 248 g/mol. The molecular formula is C17H16N2. The molecular weight excluding hydrogens is 232 g/mol. The number of benzene rings is 2. The second-order valence-corrected chi connectivity index (χ2v) is 4.75. The number of nitrogens with two attached hydrogens (primary N) is 1. The van der Waals surface area contributed by atoms with Crippen molar-refractivity contribution in [1.82, 2.24) is 4.98 Å². The highest BCUT2D eigenvalue weighted by molar-refractivity contribution is 5.79. The van der Waals surface area contributed by atoms with Gasteiger partial charge in [-0.25, -0.2) is 0 Å². The molecule has 1 unspecified atom stereocenters. The first-order valence-corrected chi connectivity index (χ1v) is 6.47. The summed E-state index contributed by atoms with van der Waals surface area (Å²) in [5.41, 5.74) is 9.73. The quantitative estimate of drug-likeness (QED) is 0.770. The minimum atomic E-state index is 0.0204. The molecule has 2 N–H and O–H groups in total. The lowest BCUT2D eigenvalue weighted by atomic mass is 9.98. The SMILES string of the molecule is NC(Cc1ccccc1)c1ccc2ncccc2c1. The molecule has 0 aliphatic rings.